The average molecular weight is 256 g/mol. The molecule has 1 aliphatic rings. The van der Waals surface area contributed by atoms with Crippen molar-refractivity contribution in [3.05, 3.63) is 0 Å². The Morgan fingerprint density at radius 1 is 1.56 bits per heavy atom. The molecule has 0 aliphatic heterocycles. The lowest BCUT2D eigenvalue weighted by molar-refractivity contribution is -0.121. The largest absolute Gasteiger partial charge is 0.409 e. The van der Waals surface area contributed by atoms with E-state index in [1.807, 2.05) is 6.92 Å². The molecular formula is C12H24N4O2. The van der Waals surface area contributed by atoms with Crippen molar-refractivity contribution in [1.82, 2.24) is 10.6 Å². The van der Waals surface area contributed by atoms with Gasteiger partial charge in [-0.15, -0.1) is 0 Å². The highest BCUT2D eigenvalue weighted by Crippen LogP contribution is 2.18. The molecule has 1 amide bonds. The van der Waals surface area contributed by atoms with Crippen LogP contribution in [0.1, 0.15) is 45.4 Å². The summed E-state index contributed by atoms with van der Waals surface area (Å²) in [6.07, 6.45) is 5.06. The molecule has 104 valence electrons. The Labute approximate surface area is 108 Å². The molecule has 1 saturated carbocycles. The molecule has 1 atom stereocenters. The minimum Gasteiger partial charge on any atom is -0.409 e. The SMILES string of the molecule is CCC(CC(N)=NO)NCCCC(=O)NC1CC1. The molecule has 0 aromatic heterocycles. The van der Waals surface area contributed by atoms with E-state index in [9.17, 15) is 4.79 Å². The maximum atomic E-state index is 11.4. The van der Waals surface area contributed by atoms with Gasteiger partial charge in [0.15, 0.2) is 0 Å². The quantitative estimate of drug-likeness (QED) is 0.159. The molecular weight excluding hydrogens is 232 g/mol. The smallest absolute Gasteiger partial charge is 0.220 e. The Morgan fingerprint density at radius 2 is 2.28 bits per heavy atom. The van der Waals surface area contributed by atoms with Gasteiger partial charge in [-0.25, -0.2) is 0 Å². The Hall–Kier alpha value is -1.30. The summed E-state index contributed by atoms with van der Waals surface area (Å²) >= 11 is 0. The van der Waals surface area contributed by atoms with Crippen LogP contribution in [0.4, 0.5) is 0 Å². The van der Waals surface area contributed by atoms with E-state index in [4.69, 9.17) is 10.9 Å². The summed E-state index contributed by atoms with van der Waals surface area (Å²) in [6, 6.07) is 0.641. The van der Waals surface area contributed by atoms with Crippen molar-refractivity contribution in [3.8, 4) is 0 Å². The second kappa shape index (κ2) is 7.92. The van der Waals surface area contributed by atoms with Crippen LogP contribution in [0.2, 0.25) is 0 Å². The molecule has 5 N–H and O–H groups in total. The summed E-state index contributed by atoms with van der Waals surface area (Å²) < 4.78 is 0. The lowest BCUT2D eigenvalue weighted by Gasteiger charge is -2.15. The van der Waals surface area contributed by atoms with Gasteiger partial charge in [-0.3, -0.25) is 4.79 Å². The summed E-state index contributed by atoms with van der Waals surface area (Å²) in [5.41, 5.74) is 5.46. The number of hydrogen-bond acceptors (Lipinski definition) is 4. The van der Waals surface area contributed by atoms with Gasteiger partial charge in [0.1, 0.15) is 5.84 Å². The zero-order valence-corrected chi connectivity index (χ0v) is 11.0. The van der Waals surface area contributed by atoms with Crippen LogP contribution in [-0.2, 0) is 4.79 Å². The van der Waals surface area contributed by atoms with Gasteiger partial charge in [0.2, 0.25) is 5.91 Å². The van der Waals surface area contributed by atoms with E-state index in [-0.39, 0.29) is 17.8 Å². The molecule has 0 aromatic rings. The first-order valence-electron chi connectivity index (χ1n) is 6.64. The highest BCUT2D eigenvalue weighted by atomic mass is 16.4. The molecule has 0 aromatic carbocycles. The molecule has 6 heteroatoms. The minimum atomic E-state index is 0.142. The van der Waals surface area contributed by atoms with Crippen molar-refractivity contribution in [1.29, 1.82) is 0 Å². The van der Waals surface area contributed by atoms with Crippen LogP contribution >= 0.6 is 0 Å². The maximum absolute atomic E-state index is 11.4. The predicted molar refractivity (Wildman–Crippen MR) is 70.5 cm³/mol. The molecule has 0 radical (unpaired) electrons. The van der Waals surface area contributed by atoms with E-state index in [2.05, 4.69) is 15.8 Å². The van der Waals surface area contributed by atoms with Crippen LogP contribution in [0.3, 0.4) is 0 Å². The van der Waals surface area contributed by atoms with Gasteiger partial charge in [0.25, 0.3) is 0 Å². The number of carbonyl (C=O) groups is 1. The molecule has 1 rings (SSSR count). The van der Waals surface area contributed by atoms with E-state index >= 15 is 0 Å². The molecule has 0 bridgehead atoms. The zero-order valence-electron chi connectivity index (χ0n) is 11.0. The fourth-order valence-corrected chi connectivity index (χ4v) is 1.74. The monoisotopic (exact) mass is 256 g/mol. The Kier molecular flexibility index (Phi) is 6.49. The second-order valence-electron chi connectivity index (χ2n) is 4.80. The standard InChI is InChI=1S/C12H24N4O2/c1-2-9(8-11(13)16-18)14-7-3-4-12(17)15-10-5-6-10/h9-10,14,18H,2-8H2,1H3,(H2,13,16)(H,15,17). The third kappa shape index (κ3) is 6.44. The van der Waals surface area contributed by atoms with Crippen LogP contribution in [0.15, 0.2) is 5.16 Å². The van der Waals surface area contributed by atoms with Crippen LogP contribution < -0.4 is 16.4 Å². The van der Waals surface area contributed by atoms with Crippen LogP contribution in [0, 0.1) is 0 Å². The van der Waals surface area contributed by atoms with E-state index < -0.39 is 0 Å². The molecule has 0 heterocycles. The lowest BCUT2D eigenvalue weighted by atomic mass is 10.1. The molecule has 18 heavy (non-hydrogen) atoms. The van der Waals surface area contributed by atoms with Crippen LogP contribution in [-0.4, -0.2) is 35.6 Å². The summed E-state index contributed by atoms with van der Waals surface area (Å²) in [5.74, 6) is 0.379. The van der Waals surface area contributed by atoms with Crippen LogP contribution in [0.5, 0.6) is 0 Å². The van der Waals surface area contributed by atoms with Gasteiger partial charge in [-0.05, 0) is 32.2 Å². The number of nitrogens with two attached hydrogens (primary N) is 1. The lowest BCUT2D eigenvalue weighted by Crippen LogP contribution is -2.34. The third-order valence-electron chi connectivity index (χ3n) is 3.03. The van der Waals surface area contributed by atoms with Crippen molar-refractivity contribution in [2.45, 2.75) is 57.5 Å². The molecule has 1 fully saturated rings. The van der Waals surface area contributed by atoms with E-state index in [0.29, 0.717) is 18.9 Å². The van der Waals surface area contributed by atoms with Gasteiger partial charge in [0, 0.05) is 24.9 Å². The van der Waals surface area contributed by atoms with Crippen molar-refractivity contribution in [2.24, 2.45) is 10.9 Å². The summed E-state index contributed by atoms with van der Waals surface area (Å²) in [6.45, 7) is 2.82. The number of carbonyl (C=O) groups excluding carboxylic acids is 1. The Morgan fingerprint density at radius 3 is 2.83 bits per heavy atom. The number of amides is 1. The highest BCUT2D eigenvalue weighted by Gasteiger charge is 2.22. The van der Waals surface area contributed by atoms with Crippen LogP contribution in [0.25, 0.3) is 0 Å². The van der Waals surface area contributed by atoms with Gasteiger partial charge in [-0.2, -0.15) is 0 Å². The average Bonchev–Trinajstić information content (AvgIpc) is 3.16. The van der Waals surface area contributed by atoms with Crippen molar-refractivity contribution >= 4 is 11.7 Å². The Bertz CT molecular complexity index is 290. The van der Waals surface area contributed by atoms with Crippen molar-refractivity contribution < 1.29 is 10.0 Å². The Balaban J connectivity index is 2.05. The number of rotatable bonds is 9. The molecule has 1 aliphatic carbocycles. The first kappa shape index (κ1) is 14.8. The normalized spacial score (nSPS) is 17.5. The van der Waals surface area contributed by atoms with Gasteiger partial charge in [0.05, 0.1) is 0 Å². The maximum Gasteiger partial charge on any atom is 0.220 e. The number of oxime groups is 1. The predicted octanol–water partition coefficient (Wildman–Crippen LogP) is 0.550. The summed E-state index contributed by atoms with van der Waals surface area (Å²) in [5, 5.41) is 17.7. The molecule has 0 spiro atoms. The zero-order chi connectivity index (χ0) is 13.4. The van der Waals surface area contributed by atoms with E-state index in [0.717, 1.165) is 32.2 Å². The number of nitrogens with zero attached hydrogens (tertiary/aromatic N) is 1. The first-order valence-corrected chi connectivity index (χ1v) is 6.64. The highest BCUT2D eigenvalue weighted by molar-refractivity contribution is 5.80. The van der Waals surface area contributed by atoms with Gasteiger partial charge < -0.3 is 21.6 Å². The number of hydrogen-bond donors (Lipinski definition) is 4. The topological polar surface area (TPSA) is 99.7 Å². The molecule has 0 saturated heterocycles. The number of amidine groups is 1. The fourth-order valence-electron chi connectivity index (χ4n) is 1.74. The van der Waals surface area contributed by atoms with Gasteiger partial charge in [-0.1, -0.05) is 12.1 Å². The molecule has 6 nitrogen and oxygen atoms in total. The van der Waals surface area contributed by atoms with E-state index in [1.165, 1.54) is 0 Å². The third-order valence-corrected chi connectivity index (χ3v) is 3.03. The second-order valence-corrected chi connectivity index (χ2v) is 4.80. The minimum absolute atomic E-state index is 0.142. The van der Waals surface area contributed by atoms with E-state index in [1.54, 1.807) is 0 Å². The number of nitrogens with one attached hydrogen (secondary N) is 2. The first-order chi connectivity index (χ1) is 8.65. The van der Waals surface area contributed by atoms with Crippen molar-refractivity contribution in [3.63, 3.8) is 0 Å². The summed E-state index contributed by atoms with van der Waals surface area (Å²) in [7, 11) is 0. The summed E-state index contributed by atoms with van der Waals surface area (Å²) in [4.78, 5) is 11.4. The molecule has 1 unspecified atom stereocenters. The van der Waals surface area contributed by atoms with Gasteiger partial charge >= 0.3 is 0 Å². The van der Waals surface area contributed by atoms with Crippen molar-refractivity contribution in [2.75, 3.05) is 6.54 Å². The fraction of sp³-hybridized carbons (Fsp3) is 0.833.